The van der Waals surface area contributed by atoms with Gasteiger partial charge < -0.3 is 10.1 Å². The SMILES string of the molecule is COC(=O)C1=C(C)NC2=C(C(=O)CC(C)(C)C2)[C@H]1c1ccccc1Br. The van der Waals surface area contributed by atoms with Crippen LogP contribution >= 0.6 is 15.9 Å². The number of methoxy groups -OCH3 is 1. The van der Waals surface area contributed by atoms with Crippen molar-refractivity contribution in [1.82, 2.24) is 5.32 Å². The van der Waals surface area contributed by atoms with Crippen LogP contribution in [0.5, 0.6) is 0 Å². The topological polar surface area (TPSA) is 55.4 Å². The van der Waals surface area contributed by atoms with Crippen molar-refractivity contribution in [3.63, 3.8) is 0 Å². The van der Waals surface area contributed by atoms with E-state index in [1.54, 1.807) is 0 Å². The number of ether oxygens (including phenoxy) is 1. The molecule has 1 aliphatic carbocycles. The molecule has 0 amide bonds. The van der Waals surface area contributed by atoms with E-state index < -0.39 is 11.9 Å². The Hall–Kier alpha value is -1.88. The third-order valence-corrected chi connectivity index (χ3v) is 5.58. The number of hydrogen-bond acceptors (Lipinski definition) is 4. The van der Waals surface area contributed by atoms with E-state index in [4.69, 9.17) is 4.74 Å². The van der Waals surface area contributed by atoms with Gasteiger partial charge in [0.2, 0.25) is 0 Å². The van der Waals surface area contributed by atoms with Crippen LogP contribution in [0.25, 0.3) is 0 Å². The summed E-state index contributed by atoms with van der Waals surface area (Å²) in [5.41, 5.74) is 3.68. The molecule has 0 saturated carbocycles. The molecule has 4 nitrogen and oxygen atoms in total. The predicted octanol–water partition coefficient (Wildman–Crippen LogP) is 4.23. The van der Waals surface area contributed by atoms with E-state index in [0.29, 0.717) is 17.6 Å². The number of esters is 1. The van der Waals surface area contributed by atoms with E-state index in [0.717, 1.165) is 27.9 Å². The average Bonchev–Trinajstić information content (AvgIpc) is 2.52. The molecule has 0 fully saturated rings. The molecule has 0 unspecified atom stereocenters. The minimum Gasteiger partial charge on any atom is -0.466 e. The number of carbonyl (C=O) groups excluding carboxylic acids is 2. The van der Waals surface area contributed by atoms with Crippen LogP contribution in [0.3, 0.4) is 0 Å². The van der Waals surface area contributed by atoms with Crippen molar-refractivity contribution in [3.05, 3.63) is 56.8 Å². The van der Waals surface area contributed by atoms with Crippen LogP contribution in [0, 0.1) is 5.41 Å². The van der Waals surface area contributed by atoms with Crippen molar-refractivity contribution in [1.29, 1.82) is 0 Å². The Labute approximate surface area is 156 Å². The highest BCUT2D eigenvalue weighted by atomic mass is 79.9. The number of allylic oxidation sites excluding steroid dienone is 3. The molecule has 1 aromatic carbocycles. The number of Topliss-reactive ketones (excluding diaryl/α,β-unsaturated/α-hetero) is 1. The number of halogens is 1. The first kappa shape index (κ1) is 17.9. The molecule has 132 valence electrons. The summed E-state index contributed by atoms with van der Waals surface area (Å²) in [6.45, 7) is 6.06. The Bertz CT molecular complexity index is 820. The van der Waals surface area contributed by atoms with Gasteiger partial charge in [-0.2, -0.15) is 0 Å². The van der Waals surface area contributed by atoms with Gasteiger partial charge in [0.1, 0.15) is 0 Å². The molecule has 1 atom stereocenters. The van der Waals surface area contributed by atoms with E-state index in [1.807, 2.05) is 31.2 Å². The van der Waals surface area contributed by atoms with Crippen LogP contribution in [-0.4, -0.2) is 18.9 Å². The molecule has 0 aromatic heterocycles. The van der Waals surface area contributed by atoms with Gasteiger partial charge in [-0.25, -0.2) is 4.79 Å². The lowest BCUT2D eigenvalue weighted by molar-refractivity contribution is -0.136. The zero-order valence-corrected chi connectivity index (χ0v) is 16.5. The van der Waals surface area contributed by atoms with Crippen LogP contribution in [0.1, 0.15) is 45.1 Å². The molecule has 1 N–H and O–H groups in total. The summed E-state index contributed by atoms with van der Waals surface area (Å²) >= 11 is 3.58. The number of ketones is 1. The van der Waals surface area contributed by atoms with Crippen molar-refractivity contribution in [2.75, 3.05) is 7.11 Å². The van der Waals surface area contributed by atoms with Gasteiger partial charge in [-0.1, -0.05) is 48.0 Å². The van der Waals surface area contributed by atoms with Crippen molar-refractivity contribution in [2.24, 2.45) is 5.41 Å². The highest BCUT2D eigenvalue weighted by Crippen LogP contribution is 2.47. The minimum atomic E-state index is -0.414. The maximum atomic E-state index is 13.0. The lowest BCUT2D eigenvalue weighted by Gasteiger charge is -2.39. The number of hydrogen-bond donors (Lipinski definition) is 1. The molecule has 0 spiro atoms. The monoisotopic (exact) mass is 403 g/mol. The van der Waals surface area contributed by atoms with E-state index in [-0.39, 0.29) is 11.2 Å². The number of benzene rings is 1. The van der Waals surface area contributed by atoms with Gasteiger partial charge in [0.25, 0.3) is 0 Å². The van der Waals surface area contributed by atoms with Crippen LogP contribution in [0.4, 0.5) is 0 Å². The zero-order valence-electron chi connectivity index (χ0n) is 14.9. The molecule has 0 saturated heterocycles. The summed E-state index contributed by atoms with van der Waals surface area (Å²) in [4.78, 5) is 25.5. The van der Waals surface area contributed by atoms with E-state index in [2.05, 4.69) is 35.1 Å². The summed E-state index contributed by atoms with van der Waals surface area (Å²) in [5, 5.41) is 3.31. The normalized spacial score (nSPS) is 22.4. The molecule has 0 bridgehead atoms. The van der Waals surface area contributed by atoms with Crippen LogP contribution < -0.4 is 5.32 Å². The molecule has 1 heterocycles. The minimum absolute atomic E-state index is 0.0911. The Morgan fingerprint density at radius 2 is 1.96 bits per heavy atom. The maximum absolute atomic E-state index is 13.0. The second-order valence-corrected chi connectivity index (χ2v) is 8.30. The molecular formula is C20H22BrNO3. The van der Waals surface area contributed by atoms with E-state index >= 15 is 0 Å². The third-order valence-electron chi connectivity index (χ3n) is 4.86. The van der Waals surface area contributed by atoms with Gasteiger partial charge in [-0.05, 0) is 30.4 Å². The fraction of sp³-hybridized carbons (Fsp3) is 0.400. The Kier molecular flexibility index (Phi) is 4.62. The van der Waals surface area contributed by atoms with Crippen molar-refractivity contribution in [3.8, 4) is 0 Å². The van der Waals surface area contributed by atoms with Crippen LogP contribution in [0.15, 0.2) is 51.3 Å². The van der Waals surface area contributed by atoms with Crippen molar-refractivity contribution >= 4 is 27.7 Å². The Morgan fingerprint density at radius 1 is 1.28 bits per heavy atom. The molecule has 2 aliphatic rings. The number of nitrogens with one attached hydrogen (secondary N) is 1. The summed E-state index contributed by atoms with van der Waals surface area (Å²) in [5.74, 6) is -0.730. The molecule has 1 aromatic rings. The second-order valence-electron chi connectivity index (χ2n) is 7.44. The largest absolute Gasteiger partial charge is 0.466 e. The van der Waals surface area contributed by atoms with Gasteiger partial charge in [0.15, 0.2) is 5.78 Å². The Balaban J connectivity index is 2.24. The summed E-state index contributed by atoms with van der Waals surface area (Å²) in [6.07, 6.45) is 1.25. The van der Waals surface area contributed by atoms with Gasteiger partial charge in [0.05, 0.1) is 12.7 Å². The first-order valence-corrected chi connectivity index (χ1v) is 9.11. The predicted molar refractivity (Wildman–Crippen MR) is 99.8 cm³/mol. The van der Waals surface area contributed by atoms with Gasteiger partial charge in [-0.15, -0.1) is 0 Å². The molecule has 0 radical (unpaired) electrons. The summed E-state index contributed by atoms with van der Waals surface area (Å²) < 4.78 is 5.90. The molecular weight excluding hydrogens is 382 g/mol. The number of rotatable bonds is 2. The van der Waals surface area contributed by atoms with Crippen LogP contribution in [0.2, 0.25) is 0 Å². The second kappa shape index (κ2) is 6.45. The quantitative estimate of drug-likeness (QED) is 0.750. The molecule has 25 heavy (non-hydrogen) atoms. The van der Waals surface area contributed by atoms with E-state index in [1.165, 1.54) is 7.11 Å². The smallest absolute Gasteiger partial charge is 0.336 e. The molecule has 5 heteroatoms. The third kappa shape index (κ3) is 3.17. The Morgan fingerprint density at radius 3 is 2.60 bits per heavy atom. The average molecular weight is 404 g/mol. The highest BCUT2D eigenvalue weighted by molar-refractivity contribution is 9.10. The summed E-state index contributed by atoms with van der Waals surface area (Å²) in [6, 6.07) is 7.72. The van der Waals surface area contributed by atoms with Crippen molar-refractivity contribution in [2.45, 2.75) is 39.5 Å². The first-order chi connectivity index (χ1) is 11.7. The van der Waals surface area contributed by atoms with Gasteiger partial charge >= 0.3 is 5.97 Å². The number of dihydropyridines is 1. The lowest BCUT2D eigenvalue weighted by Crippen LogP contribution is -2.38. The summed E-state index contributed by atoms with van der Waals surface area (Å²) in [7, 11) is 1.37. The lowest BCUT2D eigenvalue weighted by atomic mass is 9.68. The van der Waals surface area contributed by atoms with Gasteiger partial charge in [0, 0.05) is 33.8 Å². The molecule has 1 aliphatic heterocycles. The highest BCUT2D eigenvalue weighted by Gasteiger charge is 2.43. The zero-order chi connectivity index (χ0) is 18.4. The van der Waals surface area contributed by atoms with E-state index in [9.17, 15) is 9.59 Å². The number of carbonyl (C=O) groups is 2. The maximum Gasteiger partial charge on any atom is 0.336 e. The van der Waals surface area contributed by atoms with Crippen molar-refractivity contribution < 1.29 is 14.3 Å². The first-order valence-electron chi connectivity index (χ1n) is 8.32. The fourth-order valence-electron chi connectivity index (χ4n) is 3.84. The molecule has 3 rings (SSSR count). The fourth-order valence-corrected chi connectivity index (χ4v) is 4.35. The van der Waals surface area contributed by atoms with Crippen LogP contribution in [-0.2, 0) is 14.3 Å². The standard InChI is InChI=1S/C20H22BrNO3/c1-11-16(19(24)25-4)17(12-7-5-6-8-13(12)21)18-14(22-11)9-20(2,3)10-15(18)23/h5-8,17,22H,9-10H2,1-4H3/t17-/m0/s1. The van der Waals surface area contributed by atoms with Gasteiger partial charge in [-0.3, -0.25) is 4.79 Å².